The maximum Gasteiger partial charge on any atom is 0.307 e. The van der Waals surface area contributed by atoms with Crippen molar-refractivity contribution >= 4 is 5.97 Å². The van der Waals surface area contributed by atoms with Gasteiger partial charge in [-0.25, -0.2) is 0 Å². The summed E-state index contributed by atoms with van der Waals surface area (Å²) in [5.41, 5.74) is 2.06. The van der Waals surface area contributed by atoms with Crippen molar-refractivity contribution in [1.82, 2.24) is 4.90 Å². The summed E-state index contributed by atoms with van der Waals surface area (Å²) in [6.45, 7) is 9.51. The Hall–Kier alpha value is -1.35. The number of carboxylic acid groups (broad SMARTS) is 1. The molecule has 0 aromatic heterocycles. The summed E-state index contributed by atoms with van der Waals surface area (Å²) in [6.07, 6.45) is 1.28. The molecule has 19 heavy (non-hydrogen) atoms. The van der Waals surface area contributed by atoms with E-state index in [0.29, 0.717) is 5.92 Å². The largest absolute Gasteiger partial charge is 0.481 e. The second-order valence-corrected chi connectivity index (χ2v) is 5.18. The van der Waals surface area contributed by atoms with Gasteiger partial charge in [-0.2, -0.15) is 0 Å². The molecule has 0 radical (unpaired) electrons. The van der Waals surface area contributed by atoms with Gasteiger partial charge in [0, 0.05) is 13.1 Å². The lowest BCUT2D eigenvalue weighted by Crippen LogP contribution is -2.28. The molecule has 0 spiro atoms. The third-order valence-electron chi connectivity index (χ3n) is 3.57. The highest BCUT2D eigenvalue weighted by atomic mass is 16.4. The zero-order chi connectivity index (χ0) is 14.3. The van der Waals surface area contributed by atoms with Gasteiger partial charge < -0.3 is 5.11 Å². The normalized spacial score (nSPS) is 12.6. The number of benzene rings is 1. The number of hydrogen-bond acceptors (Lipinski definition) is 2. The molecule has 106 valence electrons. The highest BCUT2D eigenvalue weighted by molar-refractivity contribution is 5.70. The van der Waals surface area contributed by atoms with Crippen LogP contribution in [-0.2, 0) is 17.8 Å². The number of carbonyl (C=O) groups is 1. The minimum Gasteiger partial charge on any atom is -0.481 e. The summed E-state index contributed by atoms with van der Waals surface area (Å²) in [4.78, 5) is 13.3. The number of rotatable bonds is 8. The molecular weight excluding hydrogens is 238 g/mol. The molecule has 3 nitrogen and oxygen atoms in total. The van der Waals surface area contributed by atoms with Crippen LogP contribution in [0, 0.1) is 5.92 Å². The first-order valence-electron chi connectivity index (χ1n) is 7.07. The highest BCUT2D eigenvalue weighted by Crippen LogP contribution is 2.14. The Balaban J connectivity index is 2.76. The average molecular weight is 263 g/mol. The van der Waals surface area contributed by atoms with Crippen LogP contribution in [0.25, 0.3) is 0 Å². The van der Waals surface area contributed by atoms with E-state index in [1.807, 2.05) is 24.3 Å². The first kappa shape index (κ1) is 15.7. The van der Waals surface area contributed by atoms with Gasteiger partial charge in [0.1, 0.15) is 0 Å². The summed E-state index contributed by atoms with van der Waals surface area (Å²) >= 11 is 0. The number of aliphatic carboxylic acids is 1. The monoisotopic (exact) mass is 263 g/mol. The van der Waals surface area contributed by atoms with Crippen LogP contribution in [0.15, 0.2) is 24.3 Å². The van der Waals surface area contributed by atoms with Crippen LogP contribution in [0.3, 0.4) is 0 Å². The van der Waals surface area contributed by atoms with Gasteiger partial charge in [-0.1, -0.05) is 51.5 Å². The van der Waals surface area contributed by atoms with E-state index in [1.165, 1.54) is 6.42 Å². The van der Waals surface area contributed by atoms with Crippen LogP contribution in [0.2, 0.25) is 0 Å². The second-order valence-electron chi connectivity index (χ2n) is 5.18. The highest BCUT2D eigenvalue weighted by Gasteiger charge is 2.11. The summed E-state index contributed by atoms with van der Waals surface area (Å²) in [5.74, 6) is -0.0935. The molecule has 0 saturated heterocycles. The summed E-state index contributed by atoms with van der Waals surface area (Å²) in [6, 6.07) is 7.85. The summed E-state index contributed by atoms with van der Waals surface area (Å²) < 4.78 is 0. The van der Waals surface area contributed by atoms with E-state index in [1.54, 1.807) is 0 Å². The molecule has 3 heteroatoms. The molecule has 0 bridgehead atoms. The molecule has 1 rings (SSSR count). The van der Waals surface area contributed by atoms with Gasteiger partial charge in [-0.15, -0.1) is 0 Å². The predicted octanol–water partition coefficient (Wildman–Crippen LogP) is 3.18. The second kappa shape index (κ2) is 7.95. The van der Waals surface area contributed by atoms with E-state index >= 15 is 0 Å². The van der Waals surface area contributed by atoms with Gasteiger partial charge in [0.05, 0.1) is 6.42 Å². The van der Waals surface area contributed by atoms with Crippen LogP contribution in [0.4, 0.5) is 0 Å². The minimum atomic E-state index is -0.766. The molecule has 0 aliphatic carbocycles. The van der Waals surface area contributed by atoms with E-state index in [-0.39, 0.29) is 6.42 Å². The number of carboxylic acids is 1. The Kier molecular flexibility index (Phi) is 6.57. The van der Waals surface area contributed by atoms with Crippen molar-refractivity contribution in [3.05, 3.63) is 35.4 Å². The lowest BCUT2D eigenvalue weighted by molar-refractivity contribution is -0.136. The van der Waals surface area contributed by atoms with Crippen molar-refractivity contribution in [2.45, 2.75) is 40.2 Å². The smallest absolute Gasteiger partial charge is 0.307 e. The first-order valence-corrected chi connectivity index (χ1v) is 7.07. The quantitative estimate of drug-likeness (QED) is 0.783. The Morgan fingerprint density at radius 1 is 1.26 bits per heavy atom. The topological polar surface area (TPSA) is 40.5 Å². The minimum absolute atomic E-state index is 0.108. The number of nitrogens with zero attached hydrogens (tertiary/aromatic N) is 1. The fraction of sp³-hybridized carbons (Fsp3) is 0.562. The predicted molar refractivity (Wildman–Crippen MR) is 78.2 cm³/mol. The summed E-state index contributed by atoms with van der Waals surface area (Å²) in [7, 11) is 0. The van der Waals surface area contributed by atoms with E-state index in [4.69, 9.17) is 5.11 Å². The van der Waals surface area contributed by atoms with Crippen molar-refractivity contribution in [1.29, 1.82) is 0 Å². The van der Waals surface area contributed by atoms with Gasteiger partial charge in [0.25, 0.3) is 0 Å². The van der Waals surface area contributed by atoms with Crippen LogP contribution in [-0.4, -0.2) is 29.1 Å². The van der Waals surface area contributed by atoms with Crippen molar-refractivity contribution in [2.75, 3.05) is 13.1 Å². The van der Waals surface area contributed by atoms with Crippen LogP contribution in [0.1, 0.15) is 38.3 Å². The van der Waals surface area contributed by atoms with Crippen molar-refractivity contribution in [3.8, 4) is 0 Å². The molecule has 1 N–H and O–H groups in total. The third kappa shape index (κ3) is 5.43. The van der Waals surface area contributed by atoms with E-state index in [0.717, 1.165) is 30.8 Å². The standard InChI is InChI=1S/C16H25NO2/c1-4-13(3)11-17(5-2)12-15-9-7-6-8-14(15)10-16(18)19/h6-9,13H,4-5,10-12H2,1-3H3,(H,18,19). The number of hydrogen-bond donors (Lipinski definition) is 1. The SMILES string of the molecule is CCC(C)CN(CC)Cc1ccccc1CC(=O)O. The molecule has 0 aliphatic heterocycles. The lowest BCUT2D eigenvalue weighted by atomic mass is 10.0. The maximum absolute atomic E-state index is 10.9. The molecule has 1 aromatic rings. The van der Waals surface area contributed by atoms with Crippen molar-refractivity contribution < 1.29 is 9.90 Å². The van der Waals surface area contributed by atoms with Crippen LogP contribution < -0.4 is 0 Å². The molecule has 0 heterocycles. The van der Waals surface area contributed by atoms with Crippen LogP contribution >= 0.6 is 0 Å². The third-order valence-corrected chi connectivity index (χ3v) is 3.57. The van der Waals surface area contributed by atoms with Crippen molar-refractivity contribution in [2.24, 2.45) is 5.92 Å². The van der Waals surface area contributed by atoms with Crippen LogP contribution in [0.5, 0.6) is 0 Å². The Bertz CT molecular complexity index is 403. The Labute approximate surface area is 116 Å². The van der Waals surface area contributed by atoms with Gasteiger partial charge >= 0.3 is 5.97 Å². The molecule has 0 aliphatic rings. The van der Waals surface area contributed by atoms with Gasteiger partial charge in [0.2, 0.25) is 0 Å². The molecule has 0 fully saturated rings. The first-order chi connectivity index (χ1) is 9.06. The molecule has 0 amide bonds. The molecule has 1 unspecified atom stereocenters. The molecule has 0 saturated carbocycles. The molecular formula is C16H25NO2. The fourth-order valence-electron chi connectivity index (χ4n) is 2.16. The van der Waals surface area contributed by atoms with E-state index < -0.39 is 5.97 Å². The fourth-order valence-corrected chi connectivity index (χ4v) is 2.16. The maximum atomic E-state index is 10.9. The molecule has 1 atom stereocenters. The van der Waals surface area contributed by atoms with Gasteiger partial charge in [-0.05, 0) is 23.6 Å². The lowest BCUT2D eigenvalue weighted by Gasteiger charge is -2.24. The average Bonchev–Trinajstić information content (AvgIpc) is 2.39. The Morgan fingerprint density at radius 2 is 1.89 bits per heavy atom. The van der Waals surface area contributed by atoms with E-state index in [2.05, 4.69) is 25.7 Å². The zero-order valence-corrected chi connectivity index (χ0v) is 12.2. The summed E-state index contributed by atoms with van der Waals surface area (Å²) in [5, 5.41) is 8.95. The molecule has 1 aromatic carbocycles. The zero-order valence-electron chi connectivity index (χ0n) is 12.2. The Morgan fingerprint density at radius 3 is 2.42 bits per heavy atom. The van der Waals surface area contributed by atoms with Gasteiger partial charge in [-0.3, -0.25) is 9.69 Å². The van der Waals surface area contributed by atoms with Gasteiger partial charge in [0.15, 0.2) is 0 Å². The van der Waals surface area contributed by atoms with Crippen molar-refractivity contribution in [3.63, 3.8) is 0 Å². The van der Waals surface area contributed by atoms with E-state index in [9.17, 15) is 4.79 Å².